The van der Waals surface area contributed by atoms with E-state index in [2.05, 4.69) is 5.32 Å². The summed E-state index contributed by atoms with van der Waals surface area (Å²) in [6, 6.07) is 7.15. The molecule has 1 unspecified atom stereocenters. The largest absolute Gasteiger partial charge is 0.308 e. The summed E-state index contributed by atoms with van der Waals surface area (Å²) in [6.45, 7) is 0.645. The minimum atomic E-state index is -2.28. The van der Waals surface area contributed by atoms with Gasteiger partial charge in [0.15, 0.2) is 0 Å². The molecule has 3 heteroatoms. The molecule has 1 aliphatic rings. The Morgan fingerprint density at radius 1 is 1.21 bits per heavy atom. The van der Waals surface area contributed by atoms with Gasteiger partial charge in [-0.1, -0.05) is 24.3 Å². The third-order valence-corrected chi connectivity index (χ3v) is 2.66. The van der Waals surface area contributed by atoms with E-state index in [1.54, 1.807) is 0 Å². The number of rotatable bonds is 1. The molecule has 0 radical (unpaired) electrons. The Labute approximate surface area is 82.1 Å². The van der Waals surface area contributed by atoms with Gasteiger partial charge in [0.1, 0.15) is 0 Å². The quantitative estimate of drug-likeness (QED) is 0.726. The lowest BCUT2D eigenvalue weighted by Gasteiger charge is -2.14. The van der Waals surface area contributed by atoms with Crippen molar-refractivity contribution in [3.63, 3.8) is 0 Å². The van der Waals surface area contributed by atoms with Gasteiger partial charge in [-0.3, -0.25) is 0 Å². The smallest absolute Gasteiger partial charge is 0.254 e. The van der Waals surface area contributed by atoms with E-state index < -0.39 is 12.5 Å². The number of alkyl halides is 2. The Balaban J connectivity index is 2.22. The highest BCUT2D eigenvalue weighted by molar-refractivity contribution is 5.29. The minimum absolute atomic E-state index is 0.438. The van der Waals surface area contributed by atoms with Crippen LogP contribution in [0.25, 0.3) is 0 Å². The molecule has 0 aromatic heterocycles. The third-order valence-electron chi connectivity index (χ3n) is 2.66. The molecule has 0 saturated carbocycles. The molecule has 76 valence electrons. The van der Waals surface area contributed by atoms with Crippen LogP contribution in [0.3, 0.4) is 0 Å². The van der Waals surface area contributed by atoms with Crippen molar-refractivity contribution in [2.45, 2.75) is 25.3 Å². The van der Waals surface area contributed by atoms with Crippen molar-refractivity contribution in [3.05, 3.63) is 35.4 Å². The van der Waals surface area contributed by atoms with Crippen LogP contribution in [0.1, 0.15) is 11.1 Å². The van der Waals surface area contributed by atoms with Crippen LogP contribution < -0.4 is 5.32 Å². The van der Waals surface area contributed by atoms with E-state index in [0.29, 0.717) is 13.0 Å². The summed E-state index contributed by atoms with van der Waals surface area (Å²) >= 11 is 0. The zero-order valence-corrected chi connectivity index (χ0v) is 7.84. The molecule has 1 aliphatic heterocycles. The molecule has 1 heterocycles. The number of benzene rings is 1. The number of hydrogen-bond acceptors (Lipinski definition) is 1. The molecule has 0 fully saturated rings. The van der Waals surface area contributed by atoms with Gasteiger partial charge in [0.05, 0.1) is 6.04 Å². The van der Waals surface area contributed by atoms with Crippen LogP contribution in [0.4, 0.5) is 8.78 Å². The number of hydrogen-bond donors (Lipinski definition) is 1. The average Bonchev–Trinajstić information content (AvgIpc) is 2.39. The molecular formula is C11H13F2N. The minimum Gasteiger partial charge on any atom is -0.308 e. The highest BCUT2D eigenvalue weighted by Crippen LogP contribution is 2.17. The van der Waals surface area contributed by atoms with Crippen molar-refractivity contribution in [2.24, 2.45) is 0 Å². The van der Waals surface area contributed by atoms with Crippen LogP contribution in [0.5, 0.6) is 0 Å². The van der Waals surface area contributed by atoms with E-state index in [1.165, 1.54) is 5.56 Å². The second-order valence-corrected chi connectivity index (χ2v) is 3.62. The fourth-order valence-electron chi connectivity index (χ4n) is 1.88. The predicted molar refractivity (Wildman–Crippen MR) is 51.6 cm³/mol. The summed E-state index contributed by atoms with van der Waals surface area (Å²) in [5, 5.41) is 2.88. The Morgan fingerprint density at radius 2 is 1.93 bits per heavy atom. The molecule has 1 N–H and O–H groups in total. The lowest BCUT2D eigenvalue weighted by atomic mass is 10.0. The van der Waals surface area contributed by atoms with E-state index in [-0.39, 0.29) is 0 Å². The van der Waals surface area contributed by atoms with E-state index in [4.69, 9.17) is 0 Å². The van der Waals surface area contributed by atoms with Gasteiger partial charge < -0.3 is 5.32 Å². The van der Waals surface area contributed by atoms with Crippen molar-refractivity contribution in [3.8, 4) is 0 Å². The van der Waals surface area contributed by atoms with Crippen molar-refractivity contribution in [1.29, 1.82) is 0 Å². The SMILES string of the molecule is FC(F)C1Cc2ccccc2CCN1. The molecule has 1 aromatic carbocycles. The van der Waals surface area contributed by atoms with E-state index in [1.807, 2.05) is 24.3 Å². The maximum atomic E-state index is 12.5. The first-order chi connectivity index (χ1) is 6.77. The van der Waals surface area contributed by atoms with E-state index in [0.717, 1.165) is 12.0 Å². The molecule has 2 rings (SSSR count). The first-order valence-corrected chi connectivity index (χ1v) is 4.85. The van der Waals surface area contributed by atoms with Gasteiger partial charge in [0.2, 0.25) is 0 Å². The molecule has 0 amide bonds. The highest BCUT2D eigenvalue weighted by Gasteiger charge is 2.23. The molecule has 14 heavy (non-hydrogen) atoms. The van der Waals surface area contributed by atoms with E-state index >= 15 is 0 Å². The first kappa shape index (κ1) is 9.59. The average molecular weight is 197 g/mol. The Morgan fingerprint density at radius 3 is 2.64 bits per heavy atom. The monoisotopic (exact) mass is 197 g/mol. The van der Waals surface area contributed by atoms with E-state index in [9.17, 15) is 8.78 Å². The second-order valence-electron chi connectivity index (χ2n) is 3.62. The van der Waals surface area contributed by atoms with Crippen molar-refractivity contribution < 1.29 is 8.78 Å². The van der Waals surface area contributed by atoms with Gasteiger partial charge in [0.25, 0.3) is 6.43 Å². The summed E-state index contributed by atoms with van der Waals surface area (Å²) in [7, 11) is 0. The normalized spacial score (nSPS) is 21.8. The summed E-state index contributed by atoms with van der Waals surface area (Å²) in [4.78, 5) is 0. The summed E-state index contributed by atoms with van der Waals surface area (Å²) in [5.74, 6) is 0. The zero-order chi connectivity index (χ0) is 9.97. The number of halogens is 2. The molecule has 1 atom stereocenters. The van der Waals surface area contributed by atoms with Gasteiger partial charge in [-0.05, 0) is 30.5 Å². The van der Waals surface area contributed by atoms with Gasteiger partial charge in [0, 0.05) is 0 Å². The highest BCUT2D eigenvalue weighted by atomic mass is 19.3. The molecule has 0 bridgehead atoms. The Hall–Kier alpha value is -0.960. The Bertz CT molecular complexity index is 312. The lowest BCUT2D eigenvalue weighted by molar-refractivity contribution is 0.0997. The number of fused-ring (bicyclic) bond motifs is 1. The van der Waals surface area contributed by atoms with Crippen LogP contribution >= 0.6 is 0 Å². The fraction of sp³-hybridized carbons (Fsp3) is 0.455. The maximum Gasteiger partial charge on any atom is 0.254 e. The van der Waals surface area contributed by atoms with Crippen LogP contribution in [-0.4, -0.2) is 19.0 Å². The predicted octanol–water partition coefficient (Wildman–Crippen LogP) is 2.01. The van der Waals surface area contributed by atoms with Crippen molar-refractivity contribution in [1.82, 2.24) is 5.32 Å². The molecule has 0 saturated heterocycles. The lowest BCUT2D eigenvalue weighted by Crippen LogP contribution is -2.36. The van der Waals surface area contributed by atoms with Gasteiger partial charge >= 0.3 is 0 Å². The van der Waals surface area contributed by atoms with Gasteiger partial charge in [-0.15, -0.1) is 0 Å². The van der Waals surface area contributed by atoms with Crippen LogP contribution in [0.2, 0.25) is 0 Å². The zero-order valence-electron chi connectivity index (χ0n) is 7.84. The van der Waals surface area contributed by atoms with Crippen LogP contribution in [0.15, 0.2) is 24.3 Å². The second kappa shape index (κ2) is 4.05. The molecule has 1 nitrogen and oxygen atoms in total. The Kier molecular flexibility index (Phi) is 2.77. The maximum absolute atomic E-state index is 12.5. The van der Waals surface area contributed by atoms with Crippen LogP contribution in [0, 0.1) is 0 Å². The molecule has 0 aliphatic carbocycles. The van der Waals surface area contributed by atoms with Gasteiger partial charge in [-0.2, -0.15) is 0 Å². The molecule has 0 spiro atoms. The molecule has 1 aromatic rings. The van der Waals surface area contributed by atoms with Crippen LogP contribution in [-0.2, 0) is 12.8 Å². The fourth-order valence-corrected chi connectivity index (χ4v) is 1.88. The number of nitrogens with one attached hydrogen (secondary N) is 1. The standard InChI is InChI=1S/C11H13F2N/c12-11(13)10-7-9-4-2-1-3-8(9)5-6-14-10/h1-4,10-11,14H,5-7H2. The first-order valence-electron chi connectivity index (χ1n) is 4.85. The van der Waals surface area contributed by atoms with Crippen molar-refractivity contribution >= 4 is 0 Å². The summed E-state index contributed by atoms with van der Waals surface area (Å²) in [5.41, 5.74) is 2.26. The summed E-state index contributed by atoms with van der Waals surface area (Å²) < 4.78 is 25.1. The van der Waals surface area contributed by atoms with Gasteiger partial charge in [-0.25, -0.2) is 8.78 Å². The molecular weight excluding hydrogens is 184 g/mol. The summed E-state index contributed by atoms with van der Waals surface area (Å²) in [6.07, 6.45) is -0.992. The van der Waals surface area contributed by atoms with Crippen molar-refractivity contribution in [2.75, 3.05) is 6.54 Å². The third kappa shape index (κ3) is 1.93. The topological polar surface area (TPSA) is 12.0 Å².